The van der Waals surface area contributed by atoms with Crippen LogP contribution in [0.15, 0.2) is 105 Å². The number of rotatable bonds is 2. The quantitative estimate of drug-likeness (QED) is 0.504. The molecule has 1 atom stereocenters. The molecule has 0 radical (unpaired) electrons. The molecule has 0 bridgehead atoms. The summed E-state index contributed by atoms with van der Waals surface area (Å²) in [6.45, 7) is 6.83. The minimum absolute atomic E-state index is 0.448. The summed E-state index contributed by atoms with van der Waals surface area (Å²) in [5.41, 5.74) is 14.7. The highest BCUT2D eigenvalue weighted by Gasteiger charge is 2.34. The molecular weight excluding hydrogens is 368 g/mol. The van der Waals surface area contributed by atoms with Crippen LogP contribution in [0.1, 0.15) is 44.2 Å². The second kappa shape index (κ2) is 6.24. The molecule has 0 nitrogen and oxygen atoms in total. The lowest BCUT2D eigenvalue weighted by molar-refractivity contribution is 0.820. The summed E-state index contributed by atoms with van der Waals surface area (Å²) < 4.78 is 0. The number of benzene rings is 2. The van der Waals surface area contributed by atoms with Crippen LogP contribution >= 0.6 is 11.8 Å². The second-order valence-corrected chi connectivity index (χ2v) is 9.95. The molecule has 29 heavy (non-hydrogen) atoms. The standard InChI is InChI=1S/C28H24S/c1-16-12-19-13-25-17(2)18(3)29-28(25)15-26(19)24(16)14-27-22-10-6-4-8-20(22)21-9-5-7-11-23(21)27/h4-13,15,27-28H,14H2,1-3H3. The summed E-state index contributed by atoms with van der Waals surface area (Å²) in [7, 11) is 0. The Labute approximate surface area is 177 Å². The van der Waals surface area contributed by atoms with E-state index in [1.807, 2.05) is 11.8 Å². The zero-order chi connectivity index (χ0) is 19.7. The van der Waals surface area contributed by atoms with Crippen molar-refractivity contribution in [1.29, 1.82) is 0 Å². The minimum atomic E-state index is 0.448. The first-order chi connectivity index (χ1) is 14.1. The lowest BCUT2D eigenvalue weighted by atomic mass is 9.83. The molecule has 0 amide bonds. The van der Waals surface area contributed by atoms with Crippen molar-refractivity contribution in [1.82, 2.24) is 0 Å². The highest BCUT2D eigenvalue weighted by Crippen LogP contribution is 2.52. The van der Waals surface area contributed by atoms with Gasteiger partial charge in [0.05, 0.1) is 5.25 Å². The molecule has 1 heterocycles. The van der Waals surface area contributed by atoms with Crippen LogP contribution in [0.5, 0.6) is 0 Å². The first-order valence-corrected chi connectivity index (χ1v) is 11.4. The van der Waals surface area contributed by atoms with Crippen molar-refractivity contribution < 1.29 is 0 Å². The Morgan fingerprint density at radius 1 is 0.828 bits per heavy atom. The molecule has 0 aromatic heterocycles. The van der Waals surface area contributed by atoms with Gasteiger partial charge in [-0.1, -0.05) is 60.7 Å². The summed E-state index contributed by atoms with van der Waals surface area (Å²) in [6, 6.07) is 18.0. The SMILES string of the molecule is CC1=C(CC2c3ccccc3-c3ccccc32)C2=CC3SC(C)=C(C)C3=CC2=C1. The Hall–Kier alpha value is -2.51. The maximum atomic E-state index is 2.53. The zero-order valence-electron chi connectivity index (χ0n) is 17.1. The van der Waals surface area contributed by atoms with Crippen molar-refractivity contribution in [3.05, 3.63) is 116 Å². The molecule has 1 unspecified atom stereocenters. The predicted molar refractivity (Wildman–Crippen MR) is 125 cm³/mol. The molecule has 1 heteroatoms. The number of hydrogen-bond acceptors (Lipinski definition) is 1. The van der Waals surface area contributed by atoms with E-state index in [4.69, 9.17) is 0 Å². The molecule has 3 aliphatic carbocycles. The van der Waals surface area contributed by atoms with Crippen molar-refractivity contribution in [2.45, 2.75) is 38.4 Å². The fourth-order valence-corrected chi connectivity index (χ4v) is 6.70. The van der Waals surface area contributed by atoms with Gasteiger partial charge < -0.3 is 0 Å². The predicted octanol–water partition coefficient (Wildman–Crippen LogP) is 7.72. The average Bonchev–Trinajstić information content (AvgIpc) is 3.32. The Bertz CT molecular complexity index is 1180. The molecule has 0 fully saturated rings. The molecule has 0 saturated heterocycles. The molecular formula is C28H24S. The topological polar surface area (TPSA) is 0 Å². The number of hydrogen-bond donors (Lipinski definition) is 0. The Morgan fingerprint density at radius 2 is 1.48 bits per heavy atom. The van der Waals surface area contributed by atoms with Crippen LogP contribution < -0.4 is 0 Å². The summed E-state index contributed by atoms with van der Waals surface area (Å²) in [5.74, 6) is 0.448. The lowest BCUT2D eigenvalue weighted by Gasteiger charge is -2.22. The van der Waals surface area contributed by atoms with Gasteiger partial charge in [-0.3, -0.25) is 0 Å². The maximum absolute atomic E-state index is 2.53. The van der Waals surface area contributed by atoms with Crippen molar-refractivity contribution in [2.24, 2.45) is 0 Å². The molecule has 0 saturated carbocycles. The normalized spacial score (nSPS) is 22.2. The van der Waals surface area contributed by atoms with Crippen LogP contribution in [0.4, 0.5) is 0 Å². The third-order valence-electron chi connectivity index (χ3n) is 7.06. The van der Waals surface area contributed by atoms with E-state index in [1.54, 1.807) is 0 Å². The van der Waals surface area contributed by atoms with Gasteiger partial charge >= 0.3 is 0 Å². The van der Waals surface area contributed by atoms with Crippen LogP contribution in [0.2, 0.25) is 0 Å². The van der Waals surface area contributed by atoms with E-state index in [9.17, 15) is 0 Å². The number of allylic oxidation sites excluding steroid dienone is 8. The van der Waals surface area contributed by atoms with Gasteiger partial charge in [0.15, 0.2) is 0 Å². The summed E-state index contributed by atoms with van der Waals surface area (Å²) >= 11 is 2.01. The van der Waals surface area contributed by atoms with Gasteiger partial charge in [0, 0.05) is 5.92 Å². The molecule has 2 aromatic rings. The first-order valence-electron chi connectivity index (χ1n) is 10.5. The average molecular weight is 393 g/mol. The fourth-order valence-electron chi connectivity index (χ4n) is 5.45. The molecule has 4 aliphatic rings. The van der Waals surface area contributed by atoms with Gasteiger partial charge in [-0.2, -0.15) is 0 Å². The highest BCUT2D eigenvalue weighted by atomic mass is 32.2. The van der Waals surface area contributed by atoms with Gasteiger partial charge in [0.25, 0.3) is 0 Å². The molecule has 6 rings (SSSR count). The summed E-state index contributed by atoms with van der Waals surface area (Å²) in [5, 5.41) is 0.492. The zero-order valence-corrected chi connectivity index (χ0v) is 17.9. The molecule has 2 aromatic carbocycles. The van der Waals surface area contributed by atoms with Gasteiger partial charge in [-0.15, -0.1) is 11.8 Å². The molecule has 0 N–H and O–H groups in total. The van der Waals surface area contributed by atoms with E-state index in [1.165, 1.54) is 60.6 Å². The fraction of sp³-hybridized carbons (Fsp3) is 0.214. The van der Waals surface area contributed by atoms with Crippen LogP contribution in [0.3, 0.4) is 0 Å². The molecule has 1 aliphatic heterocycles. The number of thioether (sulfide) groups is 1. The first kappa shape index (κ1) is 17.4. The number of fused-ring (bicyclic) bond motifs is 5. The van der Waals surface area contributed by atoms with Crippen LogP contribution in [0.25, 0.3) is 11.1 Å². The second-order valence-electron chi connectivity index (χ2n) is 8.59. The van der Waals surface area contributed by atoms with Gasteiger partial charge in [0.2, 0.25) is 0 Å². The van der Waals surface area contributed by atoms with Crippen molar-refractivity contribution in [3.8, 4) is 11.1 Å². The van der Waals surface area contributed by atoms with Crippen molar-refractivity contribution in [3.63, 3.8) is 0 Å². The molecule has 142 valence electrons. The minimum Gasteiger partial charge on any atom is -0.118 e. The van der Waals surface area contributed by atoms with E-state index in [0.29, 0.717) is 11.2 Å². The summed E-state index contributed by atoms with van der Waals surface area (Å²) in [6.07, 6.45) is 8.47. The van der Waals surface area contributed by atoms with Gasteiger partial charge in [0.1, 0.15) is 0 Å². The van der Waals surface area contributed by atoms with Crippen LogP contribution in [-0.4, -0.2) is 5.25 Å². The van der Waals surface area contributed by atoms with E-state index < -0.39 is 0 Å². The van der Waals surface area contributed by atoms with E-state index in [0.717, 1.165) is 6.42 Å². The lowest BCUT2D eigenvalue weighted by Crippen LogP contribution is -2.09. The van der Waals surface area contributed by atoms with Crippen molar-refractivity contribution >= 4 is 11.8 Å². The Morgan fingerprint density at radius 3 is 2.17 bits per heavy atom. The highest BCUT2D eigenvalue weighted by molar-refractivity contribution is 8.04. The monoisotopic (exact) mass is 392 g/mol. The van der Waals surface area contributed by atoms with Gasteiger partial charge in [-0.25, -0.2) is 0 Å². The van der Waals surface area contributed by atoms with E-state index >= 15 is 0 Å². The van der Waals surface area contributed by atoms with E-state index in [-0.39, 0.29) is 0 Å². The van der Waals surface area contributed by atoms with Gasteiger partial charge in [-0.05, 0) is 93.9 Å². The van der Waals surface area contributed by atoms with Crippen LogP contribution in [-0.2, 0) is 0 Å². The Balaban J connectivity index is 1.40. The van der Waals surface area contributed by atoms with Crippen LogP contribution in [0, 0.1) is 0 Å². The smallest absolute Gasteiger partial charge is 0.0533 e. The third kappa shape index (κ3) is 2.47. The molecule has 0 spiro atoms. The van der Waals surface area contributed by atoms with E-state index in [2.05, 4.69) is 87.5 Å². The van der Waals surface area contributed by atoms with Crippen molar-refractivity contribution in [2.75, 3.05) is 0 Å². The summed E-state index contributed by atoms with van der Waals surface area (Å²) in [4.78, 5) is 1.47. The maximum Gasteiger partial charge on any atom is 0.0533 e. The Kier molecular flexibility index (Phi) is 3.74. The third-order valence-corrected chi connectivity index (χ3v) is 8.36. The largest absolute Gasteiger partial charge is 0.118 e.